The van der Waals surface area contributed by atoms with E-state index in [1.54, 1.807) is 0 Å². The fraction of sp³-hybridized carbons (Fsp3) is 0.462. The Bertz CT molecular complexity index is 392. The van der Waals surface area contributed by atoms with Crippen molar-refractivity contribution in [3.8, 4) is 0 Å². The van der Waals surface area contributed by atoms with Crippen molar-refractivity contribution in [1.29, 1.82) is 0 Å². The Morgan fingerprint density at radius 1 is 1.44 bits per heavy atom. The van der Waals surface area contributed by atoms with Crippen molar-refractivity contribution in [3.05, 3.63) is 29.8 Å². The minimum atomic E-state index is -0.196. The van der Waals surface area contributed by atoms with Gasteiger partial charge < -0.3 is 21.3 Å². The van der Waals surface area contributed by atoms with Crippen LogP contribution in [-0.4, -0.2) is 37.6 Å². The molecule has 0 radical (unpaired) electrons. The van der Waals surface area contributed by atoms with E-state index in [1.165, 1.54) is 0 Å². The predicted molar refractivity (Wildman–Crippen MR) is 74.5 cm³/mol. The number of carbonyl (C=O) groups is 1. The summed E-state index contributed by atoms with van der Waals surface area (Å²) >= 11 is 0. The van der Waals surface area contributed by atoms with Gasteiger partial charge in [-0.05, 0) is 38.7 Å². The number of nitrogens with one attached hydrogen (secondary N) is 2. The molecule has 1 unspecified atom stereocenters. The molecule has 1 atom stereocenters. The first-order chi connectivity index (χ1) is 8.51. The van der Waals surface area contributed by atoms with Crippen LogP contribution < -0.4 is 16.4 Å². The van der Waals surface area contributed by atoms with Gasteiger partial charge in [-0.25, -0.2) is 4.79 Å². The Kier molecular flexibility index (Phi) is 5.61. The molecule has 0 heterocycles. The lowest BCUT2D eigenvalue weighted by Crippen LogP contribution is -2.41. The number of urea groups is 1. The van der Waals surface area contributed by atoms with Crippen molar-refractivity contribution in [2.45, 2.75) is 19.5 Å². The van der Waals surface area contributed by atoms with E-state index in [4.69, 9.17) is 5.73 Å². The molecule has 0 aliphatic rings. The maximum atomic E-state index is 11.7. The zero-order valence-corrected chi connectivity index (χ0v) is 11.2. The minimum absolute atomic E-state index is 0.0951. The Labute approximate surface area is 108 Å². The molecule has 4 N–H and O–H groups in total. The molecule has 1 rings (SSSR count). The number of hydrogen-bond acceptors (Lipinski definition) is 3. The number of carbonyl (C=O) groups excluding carboxylic acids is 1. The first-order valence-corrected chi connectivity index (χ1v) is 6.02. The lowest BCUT2D eigenvalue weighted by Gasteiger charge is -2.18. The summed E-state index contributed by atoms with van der Waals surface area (Å²) in [6.45, 7) is 3.24. The van der Waals surface area contributed by atoms with E-state index >= 15 is 0 Å². The highest BCUT2D eigenvalue weighted by atomic mass is 16.2. The quantitative estimate of drug-likeness (QED) is 0.736. The lowest BCUT2D eigenvalue weighted by molar-refractivity contribution is 0.245. The van der Waals surface area contributed by atoms with Gasteiger partial charge in [-0.2, -0.15) is 0 Å². The van der Waals surface area contributed by atoms with Gasteiger partial charge in [0.05, 0.1) is 0 Å². The monoisotopic (exact) mass is 250 g/mol. The molecule has 0 aliphatic heterocycles. The molecule has 0 aliphatic carbocycles. The van der Waals surface area contributed by atoms with Gasteiger partial charge in [0, 0.05) is 24.8 Å². The maximum absolute atomic E-state index is 11.7. The first-order valence-electron chi connectivity index (χ1n) is 6.02. The van der Waals surface area contributed by atoms with Gasteiger partial charge in [0.25, 0.3) is 0 Å². The van der Waals surface area contributed by atoms with Crippen molar-refractivity contribution >= 4 is 11.7 Å². The van der Waals surface area contributed by atoms with Gasteiger partial charge in [-0.1, -0.05) is 12.1 Å². The van der Waals surface area contributed by atoms with Crippen molar-refractivity contribution in [3.63, 3.8) is 0 Å². The smallest absolute Gasteiger partial charge is 0.319 e. The van der Waals surface area contributed by atoms with Crippen LogP contribution in [-0.2, 0) is 6.54 Å². The third-order valence-electron chi connectivity index (χ3n) is 2.44. The second-order valence-electron chi connectivity index (χ2n) is 4.67. The number of nitrogens with two attached hydrogens (primary N) is 1. The maximum Gasteiger partial charge on any atom is 0.319 e. The molecule has 2 amide bonds. The Morgan fingerprint density at radius 3 is 2.78 bits per heavy atom. The molecule has 0 saturated carbocycles. The molecule has 0 fully saturated rings. The van der Waals surface area contributed by atoms with E-state index in [0.29, 0.717) is 6.54 Å². The highest BCUT2D eigenvalue weighted by Crippen LogP contribution is 2.09. The van der Waals surface area contributed by atoms with Gasteiger partial charge in [0.15, 0.2) is 0 Å². The molecule has 1 aromatic carbocycles. The summed E-state index contributed by atoms with van der Waals surface area (Å²) in [6.07, 6.45) is 0. The summed E-state index contributed by atoms with van der Waals surface area (Å²) in [4.78, 5) is 13.8. The van der Waals surface area contributed by atoms with E-state index < -0.39 is 0 Å². The van der Waals surface area contributed by atoms with Crippen LogP contribution in [0.3, 0.4) is 0 Å². The van der Waals surface area contributed by atoms with E-state index in [9.17, 15) is 4.79 Å². The van der Waals surface area contributed by atoms with Gasteiger partial charge in [0.1, 0.15) is 0 Å². The lowest BCUT2D eigenvalue weighted by atomic mass is 10.2. The zero-order chi connectivity index (χ0) is 13.5. The fourth-order valence-corrected chi connectivity index (χ4v) is 1.76. The van der Waals surface area contributed by atoms with Gasteiger partial charge in [-0.3, -0.25) is 0 Å². The zero-order valence-electron chi connectivity index (χ0n) is 11.2. The topological polar surface area (TPSA) is 70.4 Å². The van der Waals surface area contributed by atoms with Crippen LogP contribution >= 0.6 is 0 Å². The SMILES string of the molecule is CC(CN(C)C)NC(=O)Nc1cccc(CN)c1. The number of rotatable bonds is 5. The largest absolute Gasteiger partial charge is 0.334 e. The van der Waals surface area contributed by atoms with E-state index in [1.807, 2.05) is 50.2 Å². The molecule has 5 nitrogen and oxygen atoms in total. The number of likely N-dealkylation sites (N-methyl/N-ethyl adjacent to an activating group) is 1. The van der Waals surface area contributed by atoms with Crippen molar-refractivity contribution in [1.82, 2.24) is 10.2 Å². The van der Waals surface area contributed by atoms with Crippen molar-refractivity contribution < 1.29 is 4.79 Å². The van der Waals surface area contributed by atoms with Crippen LogP contribution in [0.25, 0.3) is 0 Å². The van der Waals surface area contributed by atoms with E-state index in [-0.39, 0.29) is 12.1 Å². The van der Waals surface area contributed by atoms with Gasteiger partial charge in [-0.15, -0.1) is 0 Å². The molecule has 0 aromatic heterocycles. The van der Waals surface area contributed by atoms with E-state index in [2.05, 4.69) is 10.6 Å². The second kappa shape index (κ2) is 6.98. The highest BCUT2D eigenvalue weighted by molar-refractivity contribution is 5.89. The van der Waals surface area contributed by atoms with Crippen LogP contribution in [0.2, 0.25) is 0 Å². The number of hydrogen-bond donors (Lipinski definition) is 3. The summed E-state index contributed by atoms with van der Waals surface area (Å²) in [5.74, 6) is 0. The van der Waals surface area contributed by atoms with Crippen LogP contribution in [0.15, 0.2) is 24.3 Å². The fourth-order valence-electron chi connectivity index (χ4n) is 1.76. The Morgan fingerprint density at radius 2 is 2.17 bits per heavy atom. The van der Waals surface area contributed by atoms with Crippen LogP contribution in [0, 0.1) is 0 Å². The van der Waals surface area contributed by atoms with Crippen molar-refractivity contribution in [2.24, 2.45) is 5.73 Å². The molecule has 0 spiro atoms. The molecule has 18 heavy (non-hydrogen) atoms. The van der Waals surface area contributed by atoms with Crippen molar-refractivity contribution in [2.75, 3.05) is 26.0 Å². The van der Waals surface area contributed by atoms with Crippen LogP contribution in [0.4, 0.5) is 10.5 Å². The molecule has 1 aromatic rings. The number of amides is 2. The second-order valence-corrected chi connectivity index (χ2v) is 4.67. The van der Waals surface area contributed by atoms with Gasteiger partial charge in [0.2, 0.25) is 0 Å². The summed E-state index contributed by atoms with van der Waals surface area (Å²) in [6, 6.07) is 7.42. The average Bonchev–Trinajstić information content (AvgIpc) is 2.27. The standard InChI is InChI=1S/C13H22N4O/c1-10(9-17(2)3)15-13(18)16-12-6-4-5-11(7-12)8-14/h4-7,10H,8-9,14H2,1-3H3,(H2,15,16,18). The molecule has 100 valence electrons. The summed E-state index contributed by atoms with van der Waals surface area (Å²) in [7, 11) is 3.95. The minimum Gasteiger partial charge on any atom is -0.334 e. The Balaban J connectivity index is 2.48. The molecular weight excluding hydrogens is 228 g/mol. The summed E-state index contributed by atoms with van der Waals surface area (Å²) in [5, 5.41) is 5.67. The van der Waals surface area contributed by atoms with Crippen LogP contribution in [0.1, 0.15) is 12.5 Å². The third kappa shape index (κ3) is 5.16. The van der Waals surface area contributed by atoms with E-state index in [0.717, 1.165) is 17.8 Å². The predicted octanol–water partition coefficient (Wildman–Crippen LogP) is 1.22. The summed E-state index contributed by atoms with van der Waals surface area (Å²) < 4.78 is 0. The number of nitrogens with zero attached hydrogens (tertiary/aromatic N) is 1. The Hall–Kier alpha value is -1.59. The highest BCUT2D eigenvalue weighted by Gasteiger charge is 2.08. The first kappa shape index (κ1) is 14.5. The van der Waals surface area contributed by atoms with Crippen LogP contribution in [0.5, 0.6) is 0 Å². The molecular formula is C13H22N4O. The number of benzene rings is 1. The number of anilines is 1. The average molecular weight is 250 g/mol. The molecule has 5 heteroatoms. The summed E-state index contributed by atoms with van der Waals surface area (Å²) in [5.41, 5.74) is 7.30. The molecule has 0 bridgehead atoms. The third-order valence-corrected chi connectivity index (χ3v) is 2.44. The van der Waals surface area contributed by atoms with Gasteiger partial charge >= 0.3 is 6.03 Å². The molecule has 0 saturated heterocycles. The normalized spacial score (nSPS) is 12.3.